The Hall–Kier alpha value is -7.11. The third-order valence-electron chi connectivity index (χ3n) is 10.3. The number of benzene rings is 7. The Labute approximate surface area is 298 Å². The fourth-order valence-electron chi connectivity index (χ4n) is 7.93. The number of para-hydroxylation sites is 2. The SMILES string of the molecule is c1ccc(-c2nc(-c3ccccc3)c3c(n2)c2ccccc2c2nc4cc(-c5ccc6c(c5)c5ccccc5n6-c5ccccc5)ccc4n23)cc1. The summed E-state index contributed by atoms with van der Waals surface area (Å²) in [7, 11) is 0. The molecule has 0 radical (unpaired) electrons. The highest BCUT2D eigenvalue weighted by atomic mass is 15.0. The summed E-state index contributed by atoms with van der Waals surface area (Å²) >= 11 is 0. The minimum absolute atomic E-state index is 0.701. The Morgan fingerprint density at radius 1 is 0.385 bits per heavy atom. The summed E-state index contributed by atoms with van der Waals surface area (Å²) in [4.78, 5) is 15.9. The lowest BCUT2D eigenvalue weighted by atomic mass is 10.0. The van der Waals surface area contributed by atoms with Crippen LogP contribution in [0.15, 0.2) is 176 Å². The summed E-state index contributed by atoms with van der Waals surface area (Å²) in [5.74, 6) is 0.701. The largest absolute Gasteiger partial charge is 0.309 e. The number of fused-ring (bicyclic) bond motifs is 11. The summed E-state index contributed by atoms with van der Waals surface area (Å²) in [5, 5.41) is 4.57. The molecule has 0 bridgehead atoms. The van der Waals surface area contributed by atoms with Gasteiger partial charge in [0.05, 0.1) is 33.3 Å². The maximum absolute atomic E-state index is 5.35. The van der Waals surface area contributed by atoms with Gasteiger partial charge < -0.3 is 4.57 Å². The summed E-state index contributed by atoms with van der Waals surface area (Å²) in [6, 6.07) is 61.8. The van der Waals surface area contributed by atoms with Gasteiger partial charge in [0.25, 0.3) is 0 Å². The molecule has 4 aromatic heterocycles. The predicted octanol–water partition coefficient (Wildman–Crippen LogP) is 11.7. The van der Waals surface area contributed by atoms with Crippen LogP contribution in [0.5, 0.6) is 0 Å². The van der Waals surface area contributed by atoms with Crippen LogP contribution in [0.1, 0.15) is 0 Å². The smallest absolute Gasteiger partial charge is 0.160 e. The second-order valence-corrected chi connectivity index (χ2v) is 13.3. The summed E-state index contributed by atoms with van der Waals surface area (Å²) in [6.45, 7) is 0. The first-order valence-corrected chi connectivity index (χ1v) is 17.5. The van der Waals surface area contributed by atoms with Crippen LogP contribution in [0.3, 0.4) is 0 Å². The Balaban J connectivity index is 1.18. The third-order valence-corrected chi connectivity index (χ3v) is 10.3. The summed E-state index contributed by atoms with van der Waals surface area (Å²) in [6.07, 6.45) is 0. The highest BCUT2D eigenvalue weighted by Gasteiger charge is 2.21. The van der Waals surface area contributed by atoms with Gasteiger partial charge in [0.1, 0.15) is 11.2 Å². The van der Waals surface area contributed by atoms with E-state index in [9.17, 15) is 0 Å². The van der Waals surface area contributed by atoms with Gasteiger partial charge in [-0.3, -0.25) is 4.40 Å². The zero-order valence-corrected chi connectivity index (χ0v) is 28.0. The van der Waals surface area contributed by atoms with E-state index in [1.807, 2.05) is 24.3 Å². The fraction of sp³-hybridized carbons (Fsp3) is 0. The van der Waals surface area contributed by atoms with Gasteiger partial charge in [-0.05, 0) is 53.6 Å². The van der Waals surface area contributed by atoms with Crippen LogP contribution in [0.25, 0.3) is 99.8 Å². The molecular weight excluding hydrogens is 635 g/mol. The topological polar surface area (TPSA) is 48.0 Å². The van der Waals surface area contributed by atoms with Crippen LogP contribution >= 0.6 is 0 Å². The predicted molar refractivity (Wildman–Crippen MR) is 214 cm³/mol. The lowest BCUT2D eigenvalue weighted by Crippen LogP contribution is -2.01. The fourth-order valence-corrected chi connectivity index (χ4v) is 7.93. The monoisotopic (exact) mass is 663 g/mol. The van der Waals surface area contributed by atoms with Crippen LogP contribution < -0.4 is 0 Å². The maximum Gasteiger partial charge on any atom is 0.160 e. The first kappa shape index (κ1) is 28.7. The van der Waals surface area contributed by atoms with E-state index in [-0.39, 0.29) is 0 Å². The first-order valence-electron chi connectivity index (χ1n) is 17.5. The number of hydrogen-bond donors (Lipinski definition) is 0. The van der Waals surface area contributed by atoms with Crippen molar-refractivity contribution in [3.05, 3.63) is 176 Å². The van der Waals surface area contributed by atoms with E-state index in [1.165, 1.54) is 21.8 Å². The van der Waals surface area contributed by atoms with Gasteiger partial charge in [-0.25, -0.2) is 15.0 Å². The first-order chi connectivity index (χ1) is 25.8. The Morgan fingerprint density at radius 2 is 0.981 bits per heavy atom. The van der Waals surface area contributed by atoms with E-state index >= 15 is 0 Å². The number of aromatic nitrogens is 5. The van der Waals surface area contributed by atoms with E-state index in [2.05, 4.69) is 161 Å². The van der Waals surface area contributed by atoms with Crippen LogP contribution in [-0.2, 0) is 0 Å². The summed E-state index contributed by atoms with van der Waals surface area (Å²) in [5.41, 5.74) is 13.4. The molecule has 0 fully saturated rings. The molecule has 0 amide bonds. The Kier molecular flexibility index (Phi) is 6.18. The lowest BCUT2D eigenvalue weighted by molar-refractivity contribution is 1.18. The van der Waals surface area contributed by atoms with Gasteiger partial charge in [0.2, 0.25) is 0 Å². The van der Waals surface area contributed by atoms with Crippen molar-refractivity contribution in [2.24, 2.45) is 0 Å². The average molecular weight is 664 g/mol. The van der Waals surface area contributed by atoms with Gasteiger partial charge >= 0.3 is 0 Å². The van der Waals surface area contributed by atoms with Crippen molar-refractivity contribution in [1.82, 2.24) is 23.9 Å². The molecule has 11 aromatic rings. The van der Waals surface area contributed by atoms with E-state index in [0.717, 1.165) is 72.1 Å². The standard InChI is InChI=1S/C47H29N5/c1-4-14-30(15-5-1)43-45-44(50-46(49-43)31-16-6-2-7-17-31)36-21-10-11-22-37(36)47-48-39-29-33(25-27-42(39)52(45)47)32-24-26-41-38(28-32)35-20-12-13-23-40(35)51(41)34-18-8-3-9-19-34/h1-29H. The third kappa shape index (κ3) is 4.26. The maximum atomic E-state index is 5.35. The van der Waals surface area contributed by atoms with E-state index in [4.69, 9.17) is 15.0 Å². The Morgan fingerprint density at radius 3 is 1.75 bits per heavy atom. The van der Waals surface area contributed by atoms with Crippen LogP contribution in [0, 0.1) is 0 Å². The number of pyridine rings is 1. The molecule has 52 heavy (non-hydrogen) atoms. The van der Waals surface area contributed by atoms with Crippen LogP contribution in [0.2, 0.25) is 0 Å². The second kappa shape index (κ2) is 11.2. The van der Waals surface area contributed by atoms with Crippen LogP contribution in [-0.4, -0.2) is 23.9 Å². The molecule has 0 spiro atoms. The quantitative estimate of drug-likeness (QED) is 0.176. The number of hydrogen-bond acceptors (Lipinski definition) is 3. The molecular formula is C47H29N5. The van der Waals surface area contributed by atoms with Crippen molar-refractivity contribution in [3.8, 4) is 39.5 Å². The molecule has 0 N–H and O–H groups in total. The lowest BCUT2D eigenvalue weighted by Gasteiger charge is -2.14. The molecule has 0 aliphatic rings. The highest BCUT2D eigenvalue weighted by Crippen LogP contribution is 2.39. The highest BCUT2D eigenvalue weighted by molar-refractivity contribution is 6.15. The van der Waals surface area contributed by atoms with Crippen molar-refractivity contribution in [2.75, 3.05) is 0 Å². The molecule has 7 aromatic carbocycles. The van der Waals surface area contributed by atoms with Crippen molar-refractivity contribution < 1.29 is 0 Å². The molecule has 0 saturated carbocycles. The number of nitrogens with zero attached hydrogens (tertiary/aromatic N) is 5. The zero-order chi connectivity index (χ0) is 34.2. The minimum Gasteiger partial charge on any atom is -0.309 e. The molecule has 5 nitrogen and oxygen atoms in total. The van der Waals surface area contributed by atoms with E-state index in [0.29, 0.717) is 5.82 Å². The van der Waals surface area contributed by atoms with E-state index in [1.54, 1.807) is 0 Å². The van der Waals surface area contributed by atoms with Gasteiger partial charge in [0, 0.05) is 38.4 Å². The molecule has 11 rings (SSSR count). The number of rotatable bonds is 4. The van der Waals surface area contributed by atoms with Gasteiger partial charge in [0.15, 0.2) is 5.82 Å². The van der Waals surface area contributed by atoms with Gasteiger partial charge in [-0.2, -0.15) is 0 Å². The summed E-state index contributed by atoms with van der Waals surface area (Å²) < 4.78 is 4.62. The molecule has 5 heteroatoms. The molecule has 0 aliphatic carbocycles. The molecule has 4 heterocycles. The molecule has 0 saturated heterocycles. The molecule has 0 atom stereocenters. The zero-order valence-electron chi connectivity index (χ0n) is 28.0. The number of imidazole rings is 1. The minimum atomic E-state index is 0.701. The van der Waals surface area contributed by atoms with Crippen molar-refractivity contribution in [2.45, 2.75) is 0 Å². The van der Waals surface area contributed by atoms with Crippen molar-refractivity contribution >= 4 is 60.3 Å². The molecule has 0 unspecified atom stereocenters. The normalized spacial score (nSPS) is 11.8. The Bertz CT molecular complexity index is 3160. The van der Waals surface area contributed by atoms with Gasteiger partial charge in [-0.1, -0.05) is 133 Å². The van der Waals surface area contributed by atoms with Gasteiger partial charge in [-0.15, -0.1) is 0 Å². The molecule has 0 aliphatic heterocycles. The molecule has 242 valence electrons. The van der Waals surface area contributed by atoms with Crippen molar-refractivity contribution in [1.29, 1.82) is 0 Å². The second-order valence-electron chi connectivity index (χ2n) is 13.3. The van der Waals surface area contributed by atoms with Crippen molar-refractivity contribution in [3.63, 3.8) is 0 Å². The van der Waals surface area contributed by atoms with Crippen LogP contribution in [0.4, 0.5) is 0 Å². The van der Waals surface area contributed by atoms with E-state index < -0.39 is 0 Å². The average Bonchev–Trinajstić information content (AvgIpc) is 3.77.